The number of hydrogen-bond acceptors (Lipinski definition) is 4. The van der Waals surface area contributed by atoms with Gasteiger partial charge in [-0.05, 0) is 37.1 Å². The van der Waals surface area contributed by atoms with Crippen LogP contribution in [-0.2, 0) is 6.42 Å². The standard InChI is InChI=1S/C13H16N4/c1-10-6-8-15-13(17-10)16-9-7-11-2-4-12(14)5-3-11/h2-6,8H,7,9,14H2,1H3,(H,15,16,17). The summed E-state index contributed by atoms with van der Waals surface area (Å²) in [7, 11) is 0. The number of anilines is 2. The Morgan fingerprint density at radius 2 is 1.94 bits per heavy atom. The zero-order valence-electron chi connectivity index (χ0n) is 9.85. The molecule has 0 atom stereocenters. The minimum atomic E-state index is 0.681. The first-order valence-corrected chi connectivity index (χ1v) is 5.62. The monoisotopic (exact) mass is 228 g/mol. The minimum absolute atomic E-state index is 0.681. The smallest absolute Gasteiger partial charge is 0.222 e. The number of nitrogens with one attached hydrogen (secondary N) is 1. The van der Waals surface area contributed by atoms with E-state index in [0.29, 0.717) is 5.95 Å². The molecule has 0 aliphatic carbocycles. The molecule has 1 heterocycles. The van der Waals surface area contributed by atoms with Crippen LogP contribution in [0.3, 0.4) is 0 Å². The number of hydrogen-bond donors (Lipinski definition) is 2. The number of nitrogens with two attached hydrogens (primary N) is 1. The van der Waals surface area contributed by atoms with Crippen LogP contribution in [0, 0.1) is 6.92 Å². The number of nitrogen functional groups attached to an aromatic ring is 1. The lowest BCUT2D eigenvalue weighted by Crippen LogP contribution is -2.08. The summed E-state index contributed by atoms with van der Waals surface area (Å²) in [4.78, 5) is 8.42. The van der Waals surface area contributed by atoms with Crippen molar-refractivity contribution in [2.24, 2.45) is 0 Å². The van der Waals surface area contributed by atoms with Crippen LogP contribution in [0.1, 0.15) is 11.3 Å². The molecule has 0 bridgehead atoms. The van der Waals surface area contributed by atoms with E-state index in [0.717, 1.165) is 24.3 Å². The van der Waals surface area contributed by atoms with E-state index in [4.69, 9.17) is 5.73 Å². The molecule has 0 unspecified atom stereocenters. The van der Waals surface area contributed by atoms with Crippen LogP contribution in [0.4, 0.5) is 11.6 Å². The van der Waals surface area contributed by atoms with Gasteiger partial charge in [0.25, 0.3) is 0 Å². The Labute approximate surface area is 101 Å². The van der Waals surface area contributed by atoms with Gasteiger partial charge in [0.2, 0.25) is 5.95 Å². The van der Waals surface area contributed by atoms with Gasteiger partial charge in [0, 0.05) is 24.1 Å². The molecular formula is C13H16N4. The van der Waals surface area contributed by atoms with E-state index in [1.54, 1.807) is 6.20 Å². The summed E-state index contributed by atoms with van der Waals surface area (Å²) in [6.07, 6.45) is 2.69. The molecule has 3 N–H and O–H groups in total. The molecule has 4 heteroatoms. The topological polar surface area (TPSA) is 63.8 Å². The molecule has 1 aromatic heterocycles. The van der Waals surface area contributed by atoms with Crippen LogP contribution < -0.4 is 11.1 Å². The average Bonchev–Trinajstić information content (AvgIpc) is 2.32. The second-order valence-corrected chi connectivity index (χ2v) is 3.94. The number of nitrogens with zero attached hydrogens (tertiary/aromatic N) is 2. The molecule has 0 fully saturated rings. The van der Waals surface area contributed by atoms with E-state index in [9.17, 15) is 0 Å². The molecule has 0 saturated heterocycles. The Morgan fingerprint density at radius 3 is 2.65 bits per heavy atom. The molecule has 2 aromatic rings. The maximum atomic E-state index is 5.63. The van der Waals surface area contributed by atoms with E-state index < -0.39 is 0 Å². The van der Waals surface area contributed by atoms with Crippen LogP contribution in [0.2, 0.25) is 0 Å². The highest BCUT2D eigenvalue weighted by molar-refractivity contribution is 5.39. The highest BCUT2D eigenvalue weighted by Gasteiger charge is 1.96. The SMILES string of the molecule is Cc1ccnc(NCCc2ccc(N)cc2)n1. The van der Waals surface area contributed by atoms with Crippen molar-refractivity contribution in [3.8, 4) is 0 Å². The fourth-order valence-electron chi connectivity index (χ4n) is 1.54. The Bertz CT molecular complexity index is 479. The summed E-state index contributed by atoms with van der Waals surface area (Å²) < 4.78 is 0. The molecule has 0 saturated carbocycles. The number of aromatic nitrogens is 2. The van der Waals surface area contributed by atoms with Crippen molar-refractivity contribution in [3.05, 3.63) is 47.8 Å². The summed E-state index contributed by atoms with van der Waals surface area (Å²) >= 11 is 0. The van der Waals surface area contributed by atoms with Crippen molar-refractivity contribution in [2.75, 3.05) is 17.6 Å². The lowest BCUT2D eigenvalue weighted by Gasteiger charge is -2.05. The highest BCUT2D eigenvalue weighted by atomic mass is 15.1. The first kappa shape index (κ1) is 11.4. The second kappa shape index (κ2) is 5.30. The lowest BCUT2D eigenvalue weighted by atomic mass is 10.1. The molecule has 0 spiro atoms. The molecule has 0 aliphatic rings. The summed E-state index contributed by atoms with van der Waals surface area (Å²) in [6, 6.07) is 9.78. The van der Waals surface area contributed by atoms with E-state index >= 15 is 0 Å². The molecule has 0 amide bonds. The third-order valence-corrected chi connectivity index (χ3v) is 2.47. The normalized spacial score (nSPS) is 10.2. The van der Waals surface area contributed by atoms with Gasteiger partial charge in [-0.25, -0.2) is 9.97 Å². The minimum Gasteiger partial charge on any atom is -0.399 e. The Kier molecular flexibility index (Phi) is 3.55. The predicted molar refractivity (Wildman–Crippen MR) is 69.8 cm³/mol. The highest BCUT2D eigenvalue weighted by Crippen LogP contribution is 2.06. The number of benzene rings is 1. The van der Waals surface area contributed by atoms with Crippen molar-refractivity contribution >= 4 is 11.6 Å². The van der Waals surface area contributed by atoms with Crippen LogP contribution in [0.15, 0.2) is 36.5 Å². The van der Waals surface area contributed by atoms with Crippen molar-refractivity contribution in [3.63, 3.8) is 0 Å². The Hall–Kier alpha value is -2.10. The fraction of sp³-hybridized carbons (Fsp3) is 0.231. The first-order chi connectivity index (χ1) is 8.24. The fourth-order valence-corrected chi connectivity index (χ4v) is 1.54. The second-order valence-electron chi connectivity index (χ2n) is 3.94. The zero-order chi connectivity index (χ0) is 12.1. The molecule has 2 rings (SSSR count). The van der Waals surface area contributed by atoms with Gasteiger partial charge < -0.3 is 11.1 Å². The van der Waals surface area contributed by atoms with Gasteiger partial charge in [-0.2, -0.15) is 0 Å². The summed E-state index contributed by atoms with van der Waals surface area (Å²) in [5.41, 5.74) is 8.64. The molecular weight excluding hydrogens is 212 g/mol. The number of rotatable bonds is 4. The zero-order valence-corrected chi connectivity index (χ0v) is 9.85. The van der Waals surface area contributed by atoms with Crippen LogP contribution in [0.5, 0.6) is 0 Å². The van der Waals surface area contributed by atoms with Crippen LogP contribution >= 0.6 is 0 Å². The first-order valence-electron chi connectivity index (χ1n) is 5.62. The molecule has 88 valence electrons. The maximum absolute atomic E-state index is 5.63. The number of aryl methyl sites for hydroxylation is 1. The van der Waals surface area contributed by atoms with Crippen molar-refractivity contribution in [1.82, 2.24) is 9.97 Å². The van der Waals surface area contributed by atoms with E-state index in [-0.39, 0.29) is 0 Å². The third kappa shape index (κ3) is 3.45. The van der Waals surface area contributed by atoms with Gasteiger partial charge in [0.05, 0.1) is 0 Å². The van der Waals surface area contributed by atoms with Crippen molar-refractivity contribution in [2.45, 2.75) is 13.3 Å². The molecule has 17 heavy (non-hydrogen) atoms. The average molecular weight is 228 g/mol. The third-order valence-electron chi connectivity index (χ3n) is 2.47. The Morgan fingerprint density at radius 1 is 1.18 bits per heavy atom. The summed E-state index contributed by atoms with van der Waals surface area (Å²) in [6.45, 7) is 2.76. The largest absolute Gasteiger partial charge is 0.399 e. The predicted octanol–water partition coefficient (Wildman–Crippen LogP) is 2.02. The summed E-state index contributed by atoms with van der Waals surface area (Å²) in [5, 5.41) is 3.20. The molecule has 4 nitrogen and oxygen atoms in total. The van der Waals surface area contributed by atoms with Gasteiger partial charge in [-0.3, -0.25) is 0 Å². The summed E-state index contributed by atoms with van der Waals surface area (Å²) in [5.74, 6) is 0.681. The van der Waals surface area contributed by atoms with E-state index in [2.05, 4.69) is 15.3 Å². The van der Waals surface area contributed by atoms with Crippen molar-refractivity contribution in [1.29, 1.82) is 0 Å². The molecule has 0 radical (unpaired) electrons. The van der Waals surface area contributed by atoms with Gasteiger partial charge in [-0.15, -0.1) is 0 Å². The van der Waals surface area contributed by atoms with Gasteiger partial charge in [-0.1, -0.05) is 12.1 Å². The van der Waals surface area contributed by atoms with Crippen LogP contribution in [-0.4, -0.2) is 16.5 Å². The molecule has 1 aromatic carbocycles. The van der Waals surface area contributed by atoms with Crippen molar-refractivity contribution < 1.29 is 0 Å². The molecule has 0 aliphatic heterocycles. The van der Waals surface area contributed by atoms with Gasteiger partial charge >= 0.3 is 0 Å². The lowest BCUT2D eigenvalue weighted by molar-refractivity contribution is 0.975. The maximum Gasteiger partial charge on any atom is 0.222 e. The van der Waals surface area contributed by atoms with E-state index in [1.165, 1.54) is 5.56 Å². The van der Waals surface area contributed by atoms with Gasteiger partial charge in [0.15, 0.2) is 0 Å². The van der Waals surface area contributed by atoms with Gasteiger partial charge in [0.1, 0.15) is 0 Å². The quantitative estimate of drug-likeness (QED) is 0.786. The Balaban J connectivity index is 1.85. The van der Waals surface area contributed by atoms with Crippen LogP contribution in [0.25, 0.3) is 0 Å². The van der Waals surface area contributed by atoms with E-state index in [1.807, 2.05) is 37.3 Å².